The van der Waals surface area contributed by atoms with E-state index in [4.69, 9.17) is 9.26 Å². The van der Waals surface area contributed by atoms with Crippen molar-refractivity contribution in [3.05, 3.63) is 70.1 Å². The molecule has 1 fully saturated rings. The minimum atomic E-state index is -3.82. The SMILES string of the molecule is Cc1noc(C)c1S(=O)(=O)N(CC1CCCO1)C[C@H]1CCC2=C1[C@@H](C)c1cnn(-c3ccc(F)cc3)c1C2. The van der Waals surface area contributed by atoms with Crippen LogP contribution in [0.2, 0.25) is 0 Å². The number of nitrogens with zero attached hydrogens (tertiary/aromatic N) is 4. The Labute approximate surface area is 222 Å². The van der Waals surface area contributed by atoms with Crippen LogP contribution in [-0.4, -0.2) is 53.5 Å². The van der Waals surface area contributed by atoms with Crippen molar-refractivity contribution in [2.75, 3.05) is 19.7 Å². The summed E-state index contributed by atoms with van der Waals surface area (Å²) in [6, 6.07) is 6.40. The fraction of sp³-hybridized carbons (Fsp3) is 0.500. The summed E-state index contributed by atoms with van der Waals surface area (Å²) in [5.74, 6) is 0.279. The van der Waals surface area contributed by atoms with Crippen LogP contribution in [0, 0.1) is 25.6 Å². The van der Waals surface area contributed by atoms with E-state index in [2.05, 4.69) is 17.2 Å². The van der Waals surface area contributed by atoms with Crippen LogP contribution in [0.25, 0.3) is 5.69 Å². The van der Waals surface area contributed by atoms with E-state index < -0.39 is 10.0 Å². The first-order chi connectivity index (χ1) is 18.2. The van der Waals surface area contributed by atoms with Gasteiger partial charge in [-0.1, -0.05) is 23.2 Å². The van der Waals surface area contributed by atoms with E-state index in [1.54, 1.807) is 30.3 Å². The second kappa shape index (κ2) is 9.73. The Morgan fingerprint density at radius 2 is 1.95 bits per heavy atom. The third kappa shape index (κ3) is 4.32. The van der Waals surface area contributed by atoms with Gasteiger partial charge in [-0.3, -0.25) is 0 Å². The number of rotatable bonds is 7. The lowest BCUT2D eigenvalue weighted by atomic mass is 9.80. The molecule has 0 spiro atoms. The molecule has 3 atom stereocenters. The topological polar surface area (TPSA) is 90.5 Å². The van der Waals surface area contributed by atoms with Gasteiger partial charge in [0.05, 0.1) is 23.7 Å². The first-order valence-corrected chi connectivity index (χ1v) is 14.8. The molecule has 0 amide bonds. The molecule has 2 aliphatic carbocycles. The van der Waals surface area contributed by atoms with Crippen molar-refractivity contribution in [2.45, 2.75) is 69.8 Å². The summed E-state index contributed by atoms with van der Waals surface area (Å²) >= 11 is 0. The molecule has 3 heterocycles. The molecule has 202 valence electrons. The number of halogens is 1. The first-order valence-electron chi connectivity index (χ1n) is 13.3. The third-order valence-corrected chi connectivity index (χ3v) is 10.4. The summed E-state index contributed by atoms with van der Waals surface area (Å²) in [5.41, 5.74) is 6.21. The number of aromatic nitrogens is 3. The maximum Gasteiger partial charge on any atom is 0.248 e. The second-order valence-electron chi connectivity index (χ2n) is 10.7. The van der Waals surface area contributed by atoms with Gasteiger partial charge in [0.25, 0.3) is 0 Å². The minimum Gasteiger partial charge on any atom is -0.377 e. The van der Waals surface area contributed by atoms with Crippen molar-refractivity contribution in [3.63, 3.8) is 0 Å². The smallest absolute Gasteiger partial charge is 0.248 e. The van der Waals surface area contributed by atoms with E-state index in [9.17, 15) is 12.8 Å². The van der Waals surface area contributed by atoms with Gasteiger partial charge in [0, 0.05) is 37.6 Å². The molecule has 0 bridgehead atoms. The molecule has 3 aliphatic rings. The maximum absolute atomic E-state index is 13.9. The van der Waals surface area contributed by atoms with Crippen LogP contribution < -0.4 is 0 Å². The van der Waals surface area contributed by atoms with Crippen molar-refractivity contribution in [2.24, 2.45) is 5.92 Å². The van der Waals surface area contributed by atoms with Gasteiger partial charge in [0.1, 0.15) is 16.4 Å². The highest BCUT2D eigenvalue weighted by Gasteiger charge is 2.40. The molecule has 0 saturated carbocycles. The predicted molar refractivity (Wildman–Crippen MR) is 139 cm³/mol. The lowest BCUT2D eigenvalue weighted by molar-refractivity contribution is 0.0916. The Bertz CT molecular complexity index is 1470. The molecule has 1 aliphatic heterocycles. The van der Waals surface area contributed by atoms with Crippen LogP contribution in [0.4, 0.5) is 4.39 Å². The predicted octanol–water partition coefficient (Wildman–Crippen LogP) is 4.85. The number of ether oxygens (including phenoxy) is 1. The molecule has 3 aromatic rings. The average Bonchev–Trinajstić information content (AvgIpc) is 3.68. The van der Waals surface area contributed by atoms with Gasteiger partial charge in [-0.2, -0.15) is 9.40 Å². The zero-order valence-electron chi connectivity index (χ0n) is 22.0. The highest BCUT2D eigenvalue weighted by Crippen LogP contribution is 2.47. The number of sulfonamides is 1. The van der Waals surface area contributed by atoms with Crippen LogP contribution in [-0.2, 0) is 21.2 Å². The van der Waals surface area contributed by atoms with Crippen molar-refractivity contribution in [1.29, 1.82) is 0 Å². The highest BCUT2D eigenvalue weighted by molar-refractivity contribution is 7.89. The van der Waals surface area contributed by atoms with Gasteiger partial charge >= 0.3 is 0 Å². The number of hydrogen-bond donors (Lipinski definition) is 0. The van der Waals surface area contributed by atoms with Crippen LogP contribution in [0.5, 0.6) is 0 Å². The largest absolute Gasteiger partial charge is 0.377 e. The average molecular weight is 541 g/mol. The zero-order valence-corrected chi connectivity index (χ0v) is 22.8. The van der Waals surface area contributed by atoms with Crippen LogP contribution in [0.15, 0.2) is 51.0 Å². The van der Waals surface area contributed by atoms with Crippen molar-refractivity contribution >= 4 is 10.0 Å². The fourth-order valence-corrected chi connectivity index (χ4v) is 8.39. The summed E-state index contributed by atoms with van der Waals surface area (Å²) in [6.45, 7) is 6.91. The molecule has 10 heteroatoms. The number of aryl methyl sites for hydroxylation is 2. The minimum absolute atomic E-state index is 0.107. The number of fused-ring (bicyclic) bond motifs is 1. The van der Waals surface area contributed by atoms with Crippen LogP contribution in [0.3, 0.4) is 0 Å². The third-order valence-electron chi connectivity index (χ3n) is 8.35. The van der Waals surface area contributed by atoms with E-state index in [1.807, 2.05) is 10.9 Å². The van der Waals surface area contributed by atoms with Gasteiger partial charge < -0.3 is 9.26 Å². The van der Waals surface area contributed by atoms with Gasteiger partial charge in [-0.25, -0.2) is 17.5 Å². The molecule has 6 rings (SSSR count). The number of hydrogen-bond acceptors (Lipinski definition) is 6. The molecule has 1 aromatic carbocycles. The second-order valence-corrected chi connectivity index (χ2v) is 12.6. The standard InChI is InChI=1S/C28H33FN4O4S/c1-17-25-14-30-33(23-10-8-22(29)9-11-23)26(25)13-20-6-7-21(27(17)20)15-32(16-24-5-4-12-36-24)38(34,35)28-18(2)31-37-19(28)3/h8-11,14,17,21,24H,4-7,12-13,15-16H2,1-3H3/t17-,21+,24?/m0/s1. The molecule has 2 aromatic heterocycles. The molecular weight excluding hydrogens is 507 g/mol. The lowest BCUT2D eigenvalue weighted by Gasteiger charge is -2.31. The van der Waals surface area contributed by atoms with E-state index in [1.165, 1.54) is 23.3 Å². The van der Waals surface area contributed by atoms with Crippen molar-refractivity contribution in [1.82, 2.24) is 19.2 Å². The van der Waals surface area contributed by atoms with Crippen LogP contribution >= 0.6 is 0 Å². The van der Waals surface area contributed by atoms with Gasteiger partial charge in [-0.15, -0.1) is 0 Å². The molecule has 1 saturated heterocycles. The van der Waals surface area contributed by atoms with Gasteiger partial charge in [0.15, 0.2) is 5.76 Å². The summed E-state index contributed by atoms with van der Waals surface area (Å²) in [7, 11) is -3.82. The zero-order chi connectivity index (χ0) is 26.6. The number of benzene rings is 1. The maximum atomic E-state index is 13.9. The van der Waals surface area contributed by atoms with E-state index in [-0.39, 0.29) is 28.7 Å². The van der Waals surface area contributed by atoms with Gasteiger partial charge in [-0.05, 0) is 69.7 Å². The molecular formula is C28H33FN4O4S. The highest BCUT2D eigenvalue weighted by atomic mass is 32.2. The summed E-state index contributed by atoms with van der Waals surface area (Å²) in [6.07, 6.45) is 6.21. The Kier molecular flexibility index (Phi) is 6.52. The first kappa shape index (κ1) is 25.5. The molecule has 0 radical (unpaired) electrons. The molecule has 38 heavy (non-hydrogen) atoms. The van der Waals surface area contributed by atoms with E-state index in [0.29, 0.717) is 31.2 Å². The Hall–Kier alpha value is -2.82. The Morgan fingerprint density at radius 3 is 2.63 bits per heavy atom. The summed E-state index contributed by atoms with van der Waals surface area (Å²) < 4.78 is 56.0. The fourth-order valence-electron chi connectivity index (χ4n) is 6.58. The quantitative estimate of drug-likeness (QED) is 0.398. The molecule has 0 N–H and O–H groups in total. The Balaban J connectivity index is 1.30. The normalized spacial score (nSPS) is 23.3. The Morgan fingerprint density at radius 1 is 1.16 bits per heavy atom. The summed E-state index contributed by atoms with van der Waals surface area (Å²) in [4.78, 5) is 0.169. The van der Waals surface area contributed by atoms with Crippen LogP contribution in [0.1, 0.15) is 61.2 Å². The van der Waals surface area contributed by atoms with E-state index in [0.717, 1.165) is 49.0 Å². The van der Waals surface area contributed by atoms with Crippen molar-refractivity contribution < 1.29 is 22.1 Å². The van der Waals surface area contributed by atoms with E-state index >= 15 is 0 Å². The lowest BCUT2D eigenvalue weighted by Crippen LogP contribution is -2.41. The summed E-state index contributed by atoms with van der Waals surface area (Å²) in [5, 5.41) is 8.56. The number of allylic oxidation sites excluding steroid dienone is 1. The van der Waals surface area contributed by atoms with Gasteiger partial charge in [0.2, 0.25) is 10.0 Å². The monoisotopic (exact) mass is 540 g/mol. The molecule has 1 unspecified atom stereocenters. The molecule has 8 nitrogen and oxygen atoms in total. The van der Waals surface area contributed by atoms with Crippen molar-refractivity contribution in [3.8, 4) is 5.69 Å².